The fourth-order valence-corrected chi connectivity index (χ4v) is 1.92. The van der Waals surface area contributed by atoms with Crippen molar-refractivity contribution < 1.29 is 23.9 Å². The number of hydrogen-bond donors (Lipinski definition) is 3. The molecule has 0 bridgehead atoms. The number of fused-ring (bicyclic) bond motifs is 1. The minimum absolute atomic E-state index is 0.233. The van der Waals surface area contributed by atoms with Gasteiger partial charge in [-0.15, -0.1) is 0 Å². The SMILES string of the molecule is CC(C)(C)OC=O.CCOC(=O)c1cc2cc(C(=O)NNC)ccc2[nH]1. The number of aromatic nitrogens is 1. The van der Waals surface area contributed by atoms with Gasteiger partial charge in [-0.2, -0.15) is 0 Å². The summed E-state index contributed by atoms with van der Waals surface area (Å²) in [6.45, 7) is 8.00. The fraction of sp³-hybridized carbons (Fsp3) is 0.389. The van der Waals surface area contributed by atoms with Crippen molar-refractivity contribution >= 4 is 29.3 Å². The number of ether oxygens (including phenoxy) is 2. The molecule has 2 aromatic rings. The highest BCUT2D eigenvalue weighted by atomic mass is 16.5. The average molecular weight is 363 g/mol. The number of hydrogen-bond acceptors (Lipinski definition) is 6. The molecule has 0 radical (unpaired) electrons. The molecular formula is C18H25N3O5. The molecule has 142 valence electrons. The molecule has 26 heavy (non-hydrogen) atoms. The zero-order valence-electron chi connectivity index (χ0n) is 15.6. The zero-order chi connectivity index (χ0) is 19.7. The fourth-order valence-electron chi connectivity index (χ4n) is 1.92. The molecule has 0 spiro atoms. The summed E-state index contributed by atoms with van der Waals surface area (Å²) in [5.41, 5.74) is 6.41. The van der Waals surface area contributed by atoms with Gasteiger partial charge >= 0.3 is 5.97 Å². The molecule has 8 nitrogen and oxygen atoms in total. The van der Waals surface area contributed by atoms with Gasteiger partial charge in [-0.3, -0.25) is 15.0 Å². The van der Waals surface area contributed by atoms with Crippen molar-refractivity contribution in [2.75, 3.05) is 13.7 Å². The number of carbonyl (C=O) groups is 3. The van der Waals surface area contributed by atoms with Gasteiger partial charge in [0.15, 0.2) is 0 Å². The van der Waals surface area contributed by atoms with E-state index in [0.29, 0.717) is 24.3 Å². The van der Waals surface area contributed by atoms with Gasteiger partial charge in [-0.1, -0.05) is 0 Å². The van der Waals surface area contributed by atoms with E-state index in [1.165, 1.54) is 0 Å². The Kier molecular flexibility index (Phi) is 7.79. The van der Waals surface area contributed by atoms with Crippen molar-refractivity contribution in [2.24, 2.45) is 0 Å². The highest BCUT2D eigenvalue weighted by molar-refractivity contribution is 6.00. The van der Waals surface area contributed by atoms with E-state index in [-0.39, 0.29) is 11.5 Å². The zero-order valence-corrected chi connectivity index (χ0v) is 15.6. The molecule has 8 heteroatoms. The minimum Gasteiger partial charge on any atom is -0.462 e. The molecule has 0 aliphatic carbocycles. The summed E-state index contributed by atoms with van der Waals surface area (Å²) < 4.78 is 9.46. The molecule has 1 heterocycles. The lowest BCUT2D eigenvalue weighted by Crippen LogP contribution is -2.33. The van der Waals surface area contributed by atoms with Crippen LogP contribution in [0.25, 0.3) is 10.9 Å². The van der Waals surface area contributed by atoms with E-state index < -0.39 is 5.97 Å². The summed E-state index contributed by atoms with van der Waals surface area (Å²) in [6.07, 6.45) is 0. The number of H-pyrrole nitrogens is 1. The molecule has 0 saturated heterocycles. The molecule has 1 aromatic heterocycles. The van der Waals surface area contributed by atoms with E-state index in [2.05, 4.69) is 20.6 Å². The van der Waals surface area contributed by atoms with Gasteiger partial charge in [0.1, 0.15) is 11.3 Å². The maximum atomic E-state index is 11.7. The summed E-state index contributed by atoms with van der Waals surface area (Å²) in [5.74, 6) is -0.636. The lowest BCUT2D eigenvalue weighted by molar-refractivity contribution is -0.138. The number of rotatable bonds is 5. The van der Waals surface area contributed by atoms with Gasteiger partial charge in [0, 0.05) is 23.5 Å². The van der Waals surface area contributed by atoms with E-state index in [9.17, 15) is 14.4 Å². The monoisotopic (exact) mass is 363 g/mol. The van der Waals surface area contributed by atoms with Gasteiger partial charge < -0.3 is 14.5 Å². The highest BCUT2D eigenvalue weighted by Crippen LogP contribution is 2.18. The predicted octanol–water partition coefficient (Wildman–Crippen LogP) is 2.17. The Bertz CT molecular complexity index is 746. The van der Waals surface area contributed by atoms with E-state index in [0.717, 1.165) is 10.9 Å². The quantitative estimate of drug-likeness (QED) is 0.427. The maximum Gasteiger partial charge on any atom is 0.354 e. The summed E-state index contributed by atoms with van der Waals surface area (Å²) in [4.78, 5) is 35.8. The van der Waals surface area contributed by atoms with Crippen molar-refractivity contribution in [1.82, 2.24) is 15.8 Å². The van der Waals surface area contributed by atoms with Crippen molar-refractivity contribution in [3.63, 3.8) is 0 Å². The predicted molar refractivity (Wildman–Crippen MR) is 97.7 cm³/mol. The molecule has 0 aliphatic rings. The minimum atomic E-state index is -0.403. The molecule has 0 saturated carbocycles. The van der Waals surface area contributed by atoms with Crippen LogP contribution in [0, 0.1) is 0 Å². The van der Waals surface area contributed by atoms with E-state index >= 15 is 0 Å². The van der Waals surface area contributed by atoms with Crippen LogP contribution in [0.15, 0.2) is 24.3 Å². The van der Waals surface area contributed by atoms with Crippen molar-refractivity contribution in [1.29, 1.82) is 0 Å². The number of amides is 1. The van der Waals surface area contributed by atoms with Crippen LogP contribution >= 0.6 is 0 Å². The van der Waals surface area contributed by atoms with Crippen LogP contribution < -0.4 is 10.9 Å². The van der Waals surface area contributed by atoms with Crippen LogP contribution in [0.1, 0.15) is 48.5 Å². The lowest BCUT2D eigenvalue weighted by Gasteiger charge is -2.14. The van der Waals surface area contributed by atoms with Crippen molar-refractivity contribution in [3.8, 4) is 0 Å². The molecule has 0 aliphatic heterocycles. The Hall–Kier alpha value is -2.87. The Labute approximate surface area is 152 Å². The first-order chi connectivity index (χ1) is 12.2. The Balaban J connectivity index is 0.000000412. The highest BCUT2D eigenvalue weighted by Gasteiger charge is 2.12. The standard InChI is InChI=1S/C13H15N3O3.C5H10O2/c1-3-19-13(18)11-7-9-6-8(12(17)16-14-2)4-5-10(9)15-11;1-5(2,3)7-4-6/h4-7,14-15H,3H2,1-2H3,(H,16,17);4H,1-3H3. The third-order valence-electron chi connectivity index (χ3n) is 3.02. The molecular weight excluding hydrogens is 338 g/mol. The topological polar surface area (TPSA) is 110 Å². The van der Waals surface area contributed by atoms with Crippen LogP contribution in [0.2, 0.25) is 0 Å². The van der Waals surface area contributed by atoms with E-state index in [1.807, 2.05) is 20.8 Å². The largest absolute Gasteiger partial charge is 0.462 e. The third kappa shape index (κ3) is 6.56. The second-order valence-corrected chi connectivity index (χ2v) is 6.24. The first-order valence-electron chi connectivity index (χ1n) is 8.10. The smallest absolute Gasteiger partial charge is 0.354 e. The van der Waals surface area contributed by atoms with Gasteiger partial charge in [-0.05, 0) is 52.0 Å². The van der Waals surface area contributed by atoms with Gasteiger partial charge in [-0.25, -0.2) is 10.2 Å². The van der Waals surface area contributed by atoms with Crippen LogP contribution in [0.4, 0.5) is 0 Å². The van der Waals surface area contributed by atoms with Crippen LogP contribution in [-0.4, -0.2) is 42.6 Å². The second kappa shape index (κ2) is 9.57. The summed E-state index contributed by atoms with van der Waals surface area (Å²) >= 11 is 0. The van der Waals surface area contributed by atoms with Gasteiger partial charge in [0.05, 0.1) is 6.61 Å². The normalized spacial score (nSPS) is 10.5. The second-order valence-electron chi connectivity index (χ2n) is 6.24. The summed E-state index contributed by atoms with van der Waals surface area (Å²) in [5, 5.41) is 0.784. The van der Waals surface area contributed by atoms with Crippen molar-refractivity contribution in [3.05, 3.63) is 35.5 Å². The number of hydrazine groups is 1. The van der Waals surface area contributed by atoms with Crippen LogP contribution in [0.3, 0.4) is 0 Å². The Morgan fingerprint density at radius 1 is 1.23 bits per heavy atom. The molecule has 1 aromatic carbocycles. The first kappa shape index (κ1) is 21.2. The lowest BCUT2D eigenvalue weighted by atomic mass is 10.1. The van der Waals surface area contributed by atoms with Crippen LogP contribution in [0.5, 0.6) is 0 Å². The first-order valence-corrected chi connectivity index (χ1v) is 8.10. The van der Waals surface area contributed by atoms with E-state index in [1.54, 1.807) is 38.2 Å². The summed E-state index contributed by atoms with van der Waals surface area (Å²) in [7, 11) is 1.62. The van der Waals surface area contributed by atoms with E-state index in [4.69, 9.17) is 4.74 Å². The number of nitrogens with one attached hydrogen (secondary N) is 3. The summed E-state index contributed by atoms with van der Waals surface area (Å²) in [6, 6.07) is 6.81. The molecule has 0 atom stereocenters. The molecule has 0 fully saturated rings. The number of aromatic amines is 1. The molecule has 1 amide bonds. The molecule has 0 unspecified atom stereocenters. The van der Waals surface area contributed by atoms with Gasteiger partial charge in [0.2, 0.25) is 0 Å². The molecule has 2 rings (SSSR count). The molecule has 3 N–H and O–H groups in total. The Morgan fingerprint density at radius 2 is 1.92 bits per heavy atom. The third-order valence-corrected chi connectivity index (χ3v) is 3.02. The maximum absolute atomic E-state index is 11.7. The van der Waals surface area contributed by atoms with Crippen LogP contribution in [-0.2, 0) is 14.3 Å². The average Bonchev–Trinajstić information content (AvgIpc) is 2.98. The Morgan fingerprint density at radius 3 is 2.42 bits per heavy atom. The number of carbonyl (C=O) groups excluding carboxylic acids is 3. The van der Waals surface area contributed by atoms with Crippen molar-refractivity contribution in [2.45, 2.75) is 33.3 Å². The number of benzene rings is 1. The number of esters is 1. The van der Waals surface area contributed by atoms with Gasteiger partial charge in [0.25, 0.3) is 12.4 Å².